The molecule has 0 spiro atoms. The Kier molecular flexibility index (Phi) is 8.42. The number of aryl methyl sites for hydroxylation is 1. The predicted octanol–water partition coefficient (Wildman–Crippen LogP) is -0.176. The van der Waals surface area contributed by atoms with E-state index in [2.05, 4.69) is 24.0 Å². The van der Waals surface area contributed by atoms with Crippen molar-refractivity contribution in [2.24, 2.45) is 0 Å². The molecule has 1 aliphatic rings. The molecule has 0 bridgehead atoms. The summed E-state index contributed by atoms with van der Waals surface area (Å²) in [4.78, 5) is 50.0. The fourth-order valence-corrected chi connectivity index (χ4v) is 5.89. The van der Waals surface area contributed by atoms with Crippen LogP contribution in [-0.2, 0) is 36.3 Å². The number of rotatable bonds is 9. The van der Waals surface area contributed by atoms with Gasteiger partial charge in [0.1, 0.15) is 24.4 Å². The van der Waals surface area contributed by atoms with Gasteiger partial charge in [0.25, 0.3) is 5.56 Å². The van der Waals surface area contributed by atoms with E-state index >= 15 is 0 Å². The second kappa shape index (κ2) is 9.97. The van der Waals surface area contributed by atoms with Gasteiger partial charge in [-0.1, -0.05) is 5.92 Å². The van der Waals surface area contributed by atoms with E-state index < -0.39 is 60.1 Å². The third-order valence-electron chi connectivity index (χ3n) is 4.14. The first-order chi connectivity index (χ1) is 14.6. The molecule has 15 nitrogen and oxygen atoms in total. The van der Waals surface area contributed by atoms with Crippen LogP contribution in [0.4, 0.5) is 0 Å². The number of H-pyrrole nitrogens is 1. The molecule has 0 radical (unpaired) electrons. The molecule has 1 aromatic rings. The Balaban J connectivity index is 2.18. The zero-order valence-electron chi connectivity index (χ0n) is 16.4. The van der Waals surface area contributed by atoms with Gasteiger partial charge >= 0.3 is 23.5 Å². The number of phosphoric ester groups is 1. The fourth-order valence-electron chi connectivity index (χ4n) is 2.86. The van der Waals surface area contributed by atoms with Crippen molar-refractivity contribution in [2.75, 3.05) is 13.7 Å². The Labute approximate surface area is 180 Å². The van der Waals surface area contributed by atoms with E-state index in [9.17, 15) is 28.5 Å². The summed E-state index contributed by atoms with van der Waals surface area (Å²) < 4.78 is 56.4. The smallest absolute Gasteiger partial charge is 0.387 e. The summed E-state index contributed by atoms with van der Waals surface area (Å²) >= 11 is 0. The molecule has 0 aromatic carbocycles. The molecule has 180 valence electrons. The second-order valence-electron chi connectivity index (χ2n) is 6.43. The Morgan fingerprint density at radius 2 is 1.81 bits per heavy atom. The van der Waals surface area contributed by atoms with Gasteiger partial charge in [-0.2, -0.15) is 8.62 Å². The molecule has 6 N–H and O–H groups in total. The normalized spacial score (nSPS) is 27.4. The molecule has 2 rings (SSSR count). The highest BCUT2D eigenvalue weighted by Gasteiger charge is 2.47. The Morgan fingerprint density at radius 1 is 1.19 bits per heavy atom. The zero-order valence-corrected chi connectivity index (χ0v) is 19.1. The number of hydrogen-bond acceptors (Lipinski definition) is 10. The van der Waals surface area contributed by atoms with Crippen molar-refractivity contribution >= 4 is 23.5 Å². The molecular weight excluding hydrogens is 499 g/mol. The lowest BCUT2D eigenvalue weighted by molar-refractivity contribution is -0.0231. The highest BCUT2D eigenvalue weighted by molar-refractivity contribution is 7.66. The van der Waals surface area contributed by atoms with E-state index in [1.807, 2.05) is 0 Å². The van der Waals surface area contributed by atoms with Crippen molar-refractivity contribution in [1.82, 2.24) is 4.98 Å². The monoisotopic (exact) mass is 519 g/mol. The molecule has 1 saturated heterocycles. The Hall–Kier alpha value is -1.20. The van der Waals surface area contributed by atoms with E-state index in [1.54, 1.807) is 0 Å². The summed E-state index contributed by atoms with van der Waals surface area (Å²) in [5, 5.41) is 10.5. The molecular formula is C14H20NO14P3. The van der Waals surface area contributed by atoms with E-state index in [4.69, 9.17) is 30.6 Å². The summed E-state index contributed by atoms with van der Waals surface area (Å²) in [6.07, 6.45) is 0.469. The summed E-state index contributed by atoms with van der Waals surface area (Å²) in [5.74, 6) is 2.27. The van der Waals surface area contributed by atoms with Crippen LogP contribution in [0, 0.1) is 19.3 Å². The van der Waals surface area contributed by atoms with Crippen molar-refractivity contribution < 1.29 is 61.0 Å². The second-order valence-corrected chi connectivity index (χ2v) is 10.8. The maximum atomic E-state index is 11.9. The summed E-state index contributed by atoms with van der Waals surface area (Å²) in [6, 6.07) is 1.42. The number of hydrogen-bond donors (Lipinski definition) is 6. The number of aromatic nitrogens is 1. The fraction of sp³-hybridized carbons (Fsp3) is 0.500. The third-order valence-corrected chi connectivity index (χ3v) is 7.94. The molecule has 0 aliphatic carbocycles. The minimum Gasteiger partial charge on any atom is -0.387 e. The highest BCUT2D eigenvalue weighted by Crippen LogP contribution is 2.66. The van der Waals surface area contributed by atoms with Crippen LogP contribution in [0.3, 0.4) is 0 Å². The van der Waals surface area contributed by atoms with Crippen molar-refractivity contribution in [3.63, 3.8) is 0 Å². The summed E-state index contributed by atoms with van der Waals surface area (Å²) in [7, 11) is -15.4. The number of pyridine rings is 1. The van der Waals surface area contributed by atoms with E-state index in [0.29, 0.717) is 0 Å². The lowest BCUT2D eigenvalue weighted by atomic mass is 9.99. The predicted molar refractivity (Wildman–Crippen MR) is 104 cm³/mol. The highest BCUT2D eigenvalue weighted by atomic mass is 31.3. The molecule has 1 aromatic heterocycles. The number of aromatic amines is 1. The van der Waals surface area contributed by atoms with Gasteiger partial charge in [0.15, 0.2) is 0 Å². The quantitative estimate of drug-likeness (QED) is 0.184. The molecule has 1 fully saturated rings. The van der Waals surface area contributed by atoms with Crippen LogP contribution in [0.5, 0.6) is 0 Å². The van der Waals surface area contributed by atoms with Crippen molar-refractivity contribution in [3.05, 3.63) is 33.2 Å². The first kappa shape index (κ1) is 27.0. The number of aliphatic hydroxyl groups excluding tert-OH is 1. The average molecular weight is 519 g/mol. The maximum Gasteiger partial charge on any atom is 0.490 e. The van der Waals surface area contributed by atoms with Crippen LogP contribution in [-0.4, -0.2) is 61.7 Å². The number of terminal acetylenes is 1. The first-order valence-electron chi connectivity index (χ1n) is 8.44. The number of nitrogens with one attached hydrogen (secondary N) is 1. The van der Waals surface area contributed by atoms with E-state index in [0.717, 1.165) is 0 Å². The van der Waals surface area contributed by atoms with Gasteiger partial charge in [-0.15, -0.1) is 6.42 Å². The Bertz CT molecular complexity index is 1090. The van der Waals surface area contributed by atoms with Gasteiger partial charge in [0.05, 0.1) is 12.3 Å². The van der Waals surface area contributed by atoms with Gasteiger partial charge in [0, 0.05) is 18.2 Å². The van der Waals surface area contributed by atoms with E-state index in [-0.39, 0.29) is 16.8 Å². The molecule has 2 heterocycles. The molecule has 0 amide bonds. The minimum atomic E-state index is -5.70. The molecule has 3 unspecified atom stereocenters. The maximum absolute atomic E-state index is 11.9. The molecule has 32 heavy (non-hydrogen) atoms. The van der Waals surface area contributed by atoms with Crippen molar-refractivity contribution in [2.45, 2.75) is 31.3 Å². The number of phosphoric acid groups is 3. The van der Waals surface area contributed by atoms with Crippen LogP contribution in [0.15, 0.2) is 10.9 Å². The largest absolute Gasteiger partial charge is 0.490 e. The minimum absolute atomic E-state index is 0.0494. The van der Waals surface area contributed by atoms with Crippen LogP contribution in [0.1, 0.15) is 22.9 Å². The molecule has 6 atom stereocenters. The van der Waals surface area contributed by atoms with Crippen molar-refractivity contribution in [1.29, 1.82) is 0 Å². The average Bonchev–Trinajstić information content (AvgIpc) is 2.94. The lowest BCUT2D eigenvalue weighted by Crippen LogP contribution is -2.34. The number of aliphatic hydroxyl groups is 1. The molecule has 0 saturated carbocycles. The van der Waals surface area contributed by atoms with Gasteiger partial charge in [-0.3, -0.25) is 9.32 Å². The van der Waals surface area contributed by atoms with Gasteiger partial charge in [0.2, 0.25) is 0 Å². The van der Waals surface area contributed by atoms with Gasteiger partial charge < -0.3 is 39.1 Å². The van der Waals surface area contributed by atoms with Gasteiger partial charge in [-0.05, 0) is 13.0 Å². The Morgan fingerprint density at radius 3 is 2.34 bits per heavy atom. The van der Waals surface area contributed by atoms with Crippen molar-refractivity contribution in [3.8, 4) is 12.3 Å². The molecule has 1 aliphatic heterocycles. The van der Waals surface area contributed by atoms with Crippen LogP contribution < -0.4 is 5.56 Å². The van der Waals surface area contributed by atoms with E-state index in [1.165, 1.54) is 20.1 Å². The number of ether oxygens (including phenoxy) is 2. The SMILES string of the molecule is C#Cc1[nH]c(=O)c(C)cc1[C@@H]1O[C@H](COP(=O)(O)OP(=O)(O)OP(=O)(O)O)C(O)[C@@H]1OC. The topological polar surface area (TPSA) is 231 Å². The van der Waals surface area contributed by atoms with Crippen LogP contribution in [0.2, 0.25) is 0 Å². The molecule has 18 heteroatoms. The first-order valence-corrected chi connectivity index (χ1v) is 13.0. The summed E-state index contributed by atoms with van der Waals surface area (Å²) in [5.41, 5.74) is 0.159. The van der Waals surface area contributed by atoms with Crippen LogP contribution in [0.25, 0.3) is 0 Å². The summed E-state index contributed by atoms with van der Waals surface area (Å²) in [6.45, 7) is 0.609. The van der Waals surface area contributed by atoms with Crippen LogP contribution >= 0.6 is 23.5 Å². The standard InChI is InChI=1S/C14H20NO14P3/c1-4-9-8(5-7(2)14(17)15-9)12-13(25-3)11(16)10(27-12)6-26-31(21,22)29-32(23,24)28-30(18,19)20/h1,5,10-13,16H,6H2,2-3H3,(H,15,17)(H,21,22)(H,23,24)(H2,18,19,20)/t10-,11?,12+,13+/m1/s1. The lowest BCUT2D eigenvalue weighted by Gasteiger charge is -2.20. The number of methoxy groups -OCH3 is 1. The third kappa shape index (κ3) is 6.90. The van der Waals surface area contributed by atoms with Gasteiger partial charge in [-0.25, -0.2) is 13.7 Å². The zero-order chi connectivity index (χ0) is 24.5.